The lowest BCUT2D eigenvalue weighted by molar-refractivity contribution is 0.137. The van der Waals surface area contributed by atoms with Gasteiger partial charge in [-0.25, -0.2) is 0 Å². The smallest absolute Gasteiger partial charge is 0.0583 e. The van der Waals surface area contributed by atoms with Crippen LogP contribution < -0.4 is 0 Å². The number of aliphatic hydroxyl groups excluding tert-OH is 1. The molecule has 0 bridgehead atoms. The van der Waals surface area contributed by atoms with Crippen LogP contribution in [-0.2, 0) is 10.8 Å². The minimum atomic E-state index is -0.730. The first-order chi connectivity index (χ1) is 14.8. The molecule has 3 saturated carbocycles. The van der Waals surface area contributed by atoms with Crippen LogP contribution in [0.3, 0.4) is 0 Å². The largest absolute Gasteiger partial charge is 0.393 e. The van der Waals surface area contributed by atoms with Crippen LogP contribution in [0.15, 0.2) is 47.6 Å². The van der Waals surface area contributed by atoms with Crippen LogP contribution in [0.5, 0.6) is 0 Å². The third-order valence-electron chi connectivity index (χ3n) is 8.29. The summed E-state index contributed by atoms with van der Waals surface area (Å²) in [6, 6.07) is 0. The van der Waals surface area contributed by atoms with Gasteiger partial charge in [-0.2, -0.15) is 0 Å². The van der Waals surface area contributed by atoms with Crippen LogP contribution in [-0.4, -0.2) is 26.4 Å². The van der Waals surface area contributed by atoms with Crippen molar-refractivity contribution in [2.24, 2.45) is 17.3 Å². The Morgan fingerprint density at radius 3 is 2.84 bits per heavy atom. The Morgan fingerprint density at radius 2 is 2.06 bits per heavy atom. The number of allylic oxidation sites excluding steroid dienone is 5. The summed E-state index contributed by atoms with van der Waals surface area (Å²) in [6.45, 7) is 11.0. The molecule has 6 atom stereocenters. The molecule has 0 aromatic rings. The second-order valence-electron chi connectivity index (χ2n) is 10.4. The Bertz CT molecular complexity index is 746. The van der Waals surface area contributed by atoms with E-state index in [1.807, 2.05) is 0 Å². The molecule has 0 spiro atoms. The summed E-state index contributed by atoms with van der Waals surface area (Å²) in [5, 5.41) is 10.2. The van der Waals surface area contributed by atoms with Crippen LogP contribution in [0.1, 0.15) is 91.4 Å². The van der Waals surface area contributed by atoms with Gasteiger partial charge in [0.05, 0.1) is 6.10 Å². The third kappa shape index (κ3) is 6.11. The maximum atomic E-state index is 12.3. The van der Waals surface area contributed by atoms with Gasteiger partial charge in [-0.3, -0.25) is 4.21 Å². The molecule has 0 aliphatic heterocycles. The lowest BCUT2D eigenvalue weighted by Crippen LogP contribution is -2.33. The van der Waals surface area contributed by atoms with E-state index in [9.17, 15) is 9.32 Å². The van der Waals surface area contributed by atoms with E-state index in [0.29, 0.717) is 11.3 Å². The van der Waals surface area contributed by atoms with Crippen LogP contribution in [0.25, 0.3) is 0 Å². The molecule has 2 nitrogen and oxygen atoms in total. The summed E-state index contributed by atoms with van der Waals surface area (Å²) in [4.78, 5) is 0. The van der Waals surface area contributed by atoms with Gasteiger partial charge < -0.3 is 5.11 Å². The van der Waals surface area contributed by atoms with Crippen molar-refractivity contribution in [3.8, 4) is 0 Å². The Hall–Kier alpha value is -0.930. The average molecular weight is 445 g/mol. The van der Waals surface area contributed by atoms with E-state index in [2.05, 4.69) is 51.7 Å². The van der Waals surface area contributed by atoms with Gasteiger partial charge >= 0.3 is 0 Å². The molecule has 3 heteroatoms. The van der Waals surface area contributed by atoms with Gasteiger partial charge in [-0.05, 0) is 94.0 Å². The maximum Gasteiger partial charge on any atom is 0.0583 e. The molecule has 5 unspecified atom stereocenters. The lowest BCUT2D eigenvalue weighted by Gasteiger charge is -2.42. The van der Waals surface area contributed by atoms with Crippen molar-refractivity contribution in [1.82, 2.24) is 0 Å². The van der Waals surface area contributed by atoms with Gasteiger partial charge in [-0.1, -0.05) is 62.3 Å². The molecule has 0 amide bonds. The number of hydrogen-bond acceptors (Lipinski definition) is 2. The van der Waals surface area contributed by atoms with E-state index in [1.165, 1.54) is 43.3 Å². The molecule has 0 aromatic heterocycles. The highest BCUT2D eigenvalue weighted by atomic mass is 32.2. The molecule has 1 N–H and O–H groups in total. The first kappa shape index (κ1) is 24.7. The molecule has 174 valence electrons. The Labute approximate surface area is 193 Å². The zero-order valence-electron chi connectivity index (χ0n) is 20.1. The molecule has 0 aromatic carbocycles. The summed E-state index contributed by atoms with van der Waals surface area (Å²) >= 11 is 0. The predicted octanol–water partition coefficient (Wildman–Crippen LogP) is 7.04. The molecule has 3 aliphatic carbocycles. The monoisotopic (exact) mass is 444 g/mol. The minimum Gasteiger partial charge on any atom is -0.393 e. The number of unbranched alkanes of at least 4 members (excludes halogenated alkanes) is 1. The van der Waals surface area contributed by atoms with E-state index >= 15 is 0 Å². The van der Waals surface area contributed by atoms with E-state index in [-0.39, 0.29) is 11.4 Å². The Morgan fingerprint density at radius 1 is 1.26 bits per heavy atom. The summed E-state index contributed by atoms with van der Waals surface area (Å²) < 4.78 is 12.3. The van der Waals surface area contributed by atoms with Crippen molar-refractivity contribution in [3.05, 3.63) is 47.6 Å². The van der Waals surface area contributed by atoms with Gasteiger partial charge in [0.15, 0.2) is 0 Å². The lowest BCUT2D eigenvalue weighted by atomic mass is 9.63. The Balaban J connectivity index is 1.63. The molecule has 0 radical (unpaired) electrons. The first-order valence-corrected chi connectivity index (χ1v) is 14.0. The zero-order chi connectivity index (χ0) is 22.4. The summed E-state index contributed by atoms with van der Waals surface area (Å²) in [5.41, 5.74) is 4.47. The Kier molecular flexibility index (Phi) is 8.99. The number of aliphatic hydroxyl groups is 1. The second kappa shape index (κ2) is 11.3. The van der Waals surface area contributed by atoms with Gasteiger partial charge in [0.25, 0.3) is 0 Å². The molecule has 31 heavy (non-hydrogen) atoms. The minimum absolute atomic E-state index is 0.170. The highest BCUT2D eigenvalue weighted by molar-refractivity contribution is 7.85. The quantitative estimate of drug-likeness (QED) is 0.408. The third-order valence-corrected chi connectivity index (χ3v) is 9.97. The van der Waals surface area contributed by atoms with Crippen LogP contribution in [0.2, 0.25) is 0 Å². The standard InChI is InChI=1S/C28H44O2S/c1-5-6-19-31(30)22(3)9-7-11-25-15-17-27-23(10-8-18-28(25,27)4)13-14-24-20-26(29)16-12-21(24)2/h7,9,13-14,22,25-27,29H,2,5-6,8,10-12,15-20H2,1,3-4H3/b9-7+,23-13+,24-14-/t22?,25?,26-,27?,28?,31?/m0/s1. The molecular formula is C28H44O2S. The van der Waals surface area contributed by atoms with Crippen molar-refractivity contribution in [3.63, 3.8) is 0 Å². The number of hydrogen-bond donors (Lipinski definition) is 1. The molecule has 0 saturated heterocycles. The fourth-order valence-electron chi connectivity index (χ4n) is 6.12. The van der Waals surface area contributed by atoms with Gasteiger partial charge in [0, 0.05) is 21.8 Å². The summed E-state index contributed by atoms with van der Waals surface area (Å²) in [7, 11) is -0.730. The van der Waals surface area contributed by atoms with Crippen LogP contribution >= 0.6 is 0 Å². The van der Waals surface area contributed by atoms with Gasteiger partial charge in [0.2, 0.25) is 0 Å². The SMILES string of the molecule is C=C1CC[C@H](O)C/C1=C/C=C1\CCCC2(C)C(C/C=C/C(C)S(=O)CCCC)CCC12. The molecule has 3 rings (SSSR count). The highest BCUT2D eigenvalue weighted by Crippen LogP contribution is 2.58. The van der Waals surface area contributed by atoms with Crippen molar-refractivity contribution in [2.45, 2.75) is 103 Å². The summed E-state index contributed by atoms with van der Waals surface area (Å²) in [6.07, 6.45) is 21.3. The zero-order valence-corrected chi connectivity index (χ0v) is 20.9. The van der Waals surface area contributed by atoms with Crippen LogP contribution in [0.4, 0.5) is 0 Å². The average Bonchev–Trinajstić information content (AvgIpc) is 3.09. The normalized spacial score (nSPS) is 36.3. The molecule has 0 heterocycles. The number of fused-ring (bicyclic) bond motifs is 1. The van der Waals surface area contributed by atoms with Crippen molar-refractivity contribution in [2.75, 3.05) is 5.75 Å². The summed E-state index contributed by atoms with van der Waals surface area (Å²) in [5.74, 6) is 2.25. The molecule has 3 fully saturated rings. The fraction of sp³-hybridized carbons (Fsp3) is 0.714. The first-order valence-electron chi connectivity index (χ1n) is 12.6. The van der Waals surface area contributed by atoms with E-state index in [0.717, 1.165) is 50.2 Å². The van der Waals surface area contributed by atoms with Gasteiger partial charge in [-0.15, -0.1) is 0 Å². The number of rotatable bonds is 8. The van der Waals surface area contributed by atoms with E-state index in [4.69, 9.17) is 0 Å². The predicted molar refractivity (Wildman–Crippen MR) is 134 cm³/mol. The van der Waals surface area contributed by atoms with Crippen molar-refractivity contribution < 1.29 is 9.32 Å². The van der Waals surface area contributed by atoms with Crippen molar-refractivity contribution in [1.29, 1.82) is 0 Å². The second-order valence-corrected chi connectivity index (χ2v) is 12.3. The molecule has 3 aliphatic rings. The van der Waals surface area contributed by atoms with E-state index < -0.39 is 10.8 Å². The maximum absolute atomic E-state index is 12.3. The van der Waals surface area contributed by atoms with E-state index in [1.54, 1.807) is 5.57 Å². The van der Waals surface area contributed by atoms with Crippen LogP contribution in [0, 0.1) is 17.3 Å². The fourth-order valence-corrected chi connectivity index (χ4v) is 7.35. The van der Waals surface area contributed by atoms with Gasteiger partial charge in [0.1, 0.15) is 0 Å². The highest BCUT2D eigenvalue weighted by Gasteiger charge is 2.48. The topological polar surface area (TPSA) is 37.3 Å². The molecular weight excluding hydrogens is 400 g/mol. The van der Waals surface area contributed by atoms with Crippen molar-refractivity contribution >= 4 is 10.8 Å².